The van der Waals surface area contributed by atoms with Crippen LogP contribution < -0.4 is 4.74 Å². The molecule has 5 aromatic carbocycles. The molecule has 5 heteroatoms. The standard InChI is InChI=1S/C33H27O3S2/c1-24(34)36-27-16-12-25(13-17-27)33(35)26-14-18-28(19-15-26)37-29-20-22-32(23-21-29)38(30-8-4-2-5-9-30)31-10-6-3-7-11-31/h2-24,34H,1H3/q+1. The summed E-state index contributed by atoms with van der Waals surface area (Å²) in [6.45, 7) is 1.54. The molecule has 1 N–H and O–H groups in total. The van der Waals surface area contributed by atoms with Gasteiger partial charge < -0.3 is 9.84 Å². The van der Waals surface area contributed by atoms with Crippen molar-refractivity contribution in [3.63, 3.8) is 0 Å². The van der Waals surface area contributed by atoms with Crippen LogP contribution in [0.25, 0.3) is 0 Å². The average Bonchev–Trinajstić information content (AvgIpc) is 2.95. The van der Waals surface area contributed by atoms with Crippen LogP contribution >= 0.6 is 11.8 Å². The maximum absolute atomic E-state index is 12.9. The summed E-state index contributed by atoms with van der Waals surface area (Å²) >= 11 is 1.68. The molecule has 3 nitrogen and oxygen atoms in total. The molecular weight excluding hydrogens is 508 g/mol. The number of carbonyl (C=O) groups excluding carboxylic acids is 1. The van der Waals surface area contributed by atoms with Gasteiger partial charge in [-0.25, -0.2) is 0 Å². The molecular formula is C33H27O3S2+. The van der Waals surface area contributed by atoms with Crippen molar-refractivity contribution in [3.05, 3.63) is 145 Å². The first-order chi connectivity index (χ1) is 18.6. The van der Waals surface area contributed by atoms with Crippen molar-refractivity contribution < 1.29 is 14.6 Å². The first-order valence-electron chi connectivity index (χ1n) is 12.3. The molecule has 5 rings (SSSR count). The third kappa shape index (κ3) is 6.37. The zero-order chi connectivity index (χ0) is 26.3. The van der Waals surface area contributed by atoms with Gasteiger partial charge in [-0.05, 0) is 104 Å². The van der Waals surface area contributed by atoms with Crippen LogP contribution in [0.1, 0.15) is 22.8 Å². The highest BCUT2D eigenvalue weighted by Gasteiger charge is 2.28. The lowest BCUT2D eigenvalue weighted by molar-refractivity contribution is -0.000293. The fraction of sp³-hybridized carbons (Fsp3) is 0.0606. The predicted molar refractivity (Wildman–Crippen MR) is 154 cm³/mol. The van der Waals surface area contributed by atoms with E-state index in [1.807, 2.05) is 24.3 Å². The van der Waals surface area contributed by atoms with Crippen LogP contribution in [-0.2, 0) is 10.9 Å². The summed E-state index contributed by atoms with van der Waals surface area (Å²) in [7, 11) is -0.168. The van der Waals surface area contributed by atoms with E-state index in [9.17, 15) is 9.90 Å². The summed E-state index contributed by atoms with van der Waals surface area (Å²) in [6.07, 6.45) is -0.896. The van der Waals surface area contributed by atoms with Crippen LogP contribution in [0, 0.1) is 0 Å². The van der Waals surface area contributed by atoms with Gasteiger partial charge in [0.1, 0.15) is 5.75 Å². The molecule has 188 valence electrons. The van der Waals surface area contributed by atoms with Crippen LogP contribution in [0.2, 0.25) is 0 Å². The van der Waals surface area contributed by atoms with Gasteiger partial charge in [-0.2, -0.15) is 0 Å². The van der Waals surface area contributed by atoms with Crippen LogP contribution in [0.5, 0.6) is 5.75 Å². The highest BCUT2D eigenvalue weighted by Crippen LogP contribution is 2.34. The van der Waals surface area contributed by atoms with Crippen molar-refractivity contribution in [3.8, 4) is 5.75 Å². The predicted octanol–water partition coefficient (Wildman–Crippen LogP) is 7.88. The van der Waals surface area contributed by atoms with E-state index in [0.717, 1.165) is 9.79 Å². The minimum atomic E-state index is -0.896. The Hall–Kier alpha value is -3.77. The molecule has 0 radical (unpaired) electrons. The highest BCUT2D eigenvalue weighted by molar-refractivity contribution is 7.99. The molecule has 5 aromatic rings. The second-order valence-corrected chi connectivity index (χ2v) is 11.8. The summed E-state index contributed by atoms with van der Waals surface area (Å²) in [5, 5.41) is 9.34. The van der Waals surface area contributed by atoms with Gasteiger partial charge in [-0.1, -0.05) is 48.2 Å². The Bertz CT molecular complexity index is 1430. The molecule has 0 aliphatic carbocycles. The molecule has 1 atom stereocenters. The largest absolute Gasteiger partial charge is 0.465 e. The molecule has 1 unspecified atom stereocenters. The Labute approximate surface area is 230 Å². The number of aliphatic hydroxyl groups is 1. The number of carbonyl (C=O) groups is 1. The second-order valence-electron chi connectivity index (χ2n) is 8.60. The van der Waals surface area contributed by atoms with E-state index in [0.29, 0.717) is 16.9 Å². The number of ketones is 1. The molecule has 0 aliphatic heterocycles. The maximum atomic E-state index is 12.9. The Balaban J connectivity index is 1.29. The van der Waals surface area contributed by atoms with Crippen LogP contribution in [0.4, 0.5) is 0 Å². The van der Waals surface area contributed by atoms with Crippen LogP contribution in [0.15, 0.2) is 158 Å². The molecule has 0 amide bonds. The normalized spacial score (nSPS) is 11.8. The SMILES string of the molecule is CC(O)Oc1ccc(C(=O)c2ccc(Sc3ccc([S+](c4ccccc4)c4ccccc4)cc3)cc2)cc1. The third-order valence-corrected chi connectivity index (χ3v) is 9.04. The fourth-order valence-electron chi connectivity index (χ4n) is 4.02. The van der Waals surface area contributed by atoms with Gasteiger partial charge in [-0.3, -0.25) is 4.79 Å². The number of hydrogen-bond donors (Lipinski definition) is 1. The van der Waals surface area contributed by atoms with Gasteiger partial charge in [0.25, 0.3) is 0 Å². The molecule has 0 spiro atoms. The Kier molecular flexibility index (Phi) is 8.29. The van der Waals surface area contributed by atoms with Gasteiger partial charge in [0.15, 0.2) is 26.8 Å². The monoisotopic (exact) mass is 535 g/mol. The van der Waals surface area contributed by atoms with Crippen molar-refractivity contribution in [1.82, 2.24) is 0 Å². The average molecular weight is 536 g/mol. The Morgan fingerprint density at radius 2 is 1.05 bits per heavy atom. The molecule has 0 saturated carbocycles. The van der Waals surface area contributed by atoms with E-state index in [2.05, 4.69) is 84.9 Å². The quantitative estimate of drug-likeness (QED) is 0.118. The van der Waals surface area contributed by atoms with Crippen molar-refractivity contribution in [1.29, 1.82) is 0 Å². The molecule has 0 aliphatic rings. The molecule has 0 aromatic heterocycles. The van der Waals surface area contributed by atoms with Crippen molar-refractivity contribution in [2.45, 2.75) is 37.7 Å². The van der Waals surface area contributed by atoms with Crippen molar-refractivity contribution in [2.24, 2.45) is 0 Å². The van der Waals surface area contributed by atoms with Crippen molar-refractivity contribution >= 4 is 28.4 Å². The van der Waals surface area contributed by atoms with Gasteiger partial charge in [0.05, 0.1) is 10.9 Å². The third-order valence-electron chi connectivity index (χ3n) is 5.79. The lowest BCUT2D eigenvalue weighted by Crippen LogP contribution is -2.09. The van der Waals surface area contributed by atoms with E-state index in [1.54, 1.807) is 43.0 Å². The van der Waals surface area contributed by atoms with E-state index < -0.39 is 6.29 Å². The summed E-state index contributed by atoms with van der Waals surface area (Å²) in [5.74, 6) is 0.470. The topological polar surface area (TPSA) is 46.5 Å². The van der Waals surface area contributed by atoms with Crippen LogP contribution in [-0.4, -0.2) is 17.2 Å². The number of aliphatic hydroxyl groups excluding tert-OH is 1. The summed E-state index contributed by atoms with van der Waals surface area (Å²) in [6, 6.07) is 44.5. The lowest BCUT2D eigenvalue weighted by Gasteiger charge is -2.09. The van der Waals surface area contributed by atoms with E-state index >= 15 is 0 Å². The van der Waals surface area contributed by atoms with Crippen molar-refractivity contribution in [2.75, 3.05) is 0 Å². The number of rotatable bonds is 9. The van der Waals surface area contributed by atoms with Gasteiger partial charge in [0, 0.05) is 20.9 Å². The number of ether oxygens (including phenoxy) is 1. The summed E-state index contributed by atoms with van der Waals surface area (Å²) in [4.78, 5) is 19.0. The van der Waals surface area contributed by atoms with Gasteiger partial charge >= 0.3 is 0 Å². The second kappa shape index (κ2) is 12.2. The minimum absolute atomic E-state index is 0.0524. The van der Waals surface area contributed by atoms with E-state index in [-0.39, 0.29) is 16.7 Å². The Morgan fingerprint density at radius 3 is 1.53 bits per heavy atom. The highest BCUT2D eigenvalue weighted by atomic mass is 32.2. The van der Waals surface area contributed by atoms with Crippen LogP contribution in [0.3, 0.4) is 0 Å². The maximum Gasteiger partial charge on any atom is 0.194 e. The van der Waals surface area contributed by atoms with E-state index in [4.69, 9.17) is 4.74 Å². The van der Waals surface area contributed by atoms with Gasteiger partial charge in [-0.15, -0.1) is 0 Å². The number of benzene rings is 5. The smallest absolute Gasteiger partial charge is 0.194 e. The number of hydrogen-bond acceptors (Lipinski definition) is 4. The fourth-order valence-corrected chi connectivity index (χ4v) is 6.92. The first kappa shape index (κ1) is 25.9. The molecule has 0 fully saturated rings. The zero-order valence-corrected chi connectivity index (χ0v) is 22.5. The lowest BCUT2D eigenvalue weighted by atomic mass is 10.0. The van der Waals surface area contributed by atoms with E-state index in [1.165, 1.54) is 14.7 Å². The Morgan fingerprint density at radius 1 is 0.632 bits per heavy atom. The minimum Gasteiger partial charge on any atom is -0.465 e. The molecule has 0 bridgehead atoms. The molecule has 38 heavy (non-hydrogen) atoms. The molecule has 0 heterocycles. The zero-order valence-electron chi connectivity index (χ0n) is 20.9. The summed E-state index contributed by atoms with van der Waals surface area (Å²) < 4.78 is 5.23. The summed E-state index contributed by atoms with van der Waals surface area (Å²) in [5.41, 5.74) is 1.20. The van der Waals surface area contributed by atoms with Gasteiger partial charge in [0.2, 0.25) is 0 Å². The first-order valence-corrected chi connectivity index (χ1v) is 14.3. The molecule has 0 saturated heterocycles.